The van der Waals surface area contributed by atoms with Crippen LogP contribution in [0.25, 0.3) is 0 Å². The molecule has 0 aliphatic rings. The summed E-state index contributed by atoms with van der Waals surface area (Å²) >= 11 is 0. The van der Waals surface area contributed by atoms with Crippen molar-refractivity contribution in [2.24, 2.45) is 0 Å². The van der Waals surface area contributed by atoms with Crippen LogP contribution in [0.2, 0.25) is 0 Å². The summed E-state index contributed by atoms with van der Waals surface area (Å²) in [4.78, 5) is 45.8. The Hall–Kier alpha value is -6.84. The molecule has 0 saturated heterocycles. The predicted molar refractivity (Wildman–Crippen MR) is 243 cm³/mol. The molecule has 4 N–H and O–H groups in total. The Kier molecular flexibility index (Phi) is 25.9. The second-order valence-corrected chi connectivity index (χ2v) is 12.5. The molecule has 16 nitrogen and oxygen atoms in total. The maximum absolute atomic E-state index is 11.5. The molecule has 0 bridgehead atoms. The average molecular weight is 865 g/mol. The molecule has 0 amide bonds. The Morgan fingerprint density at radius 1 is 0.419 bits per heavy atom. The Morgan fingerprint density at radius 3 is 1.00 bits per heavy atom. The van der Waals surface area contributed by atoms with Crippen LogP contribution < -0.4 is 40.2 Å². The van der Waals surface area contributed by atoms with Gasteiger partial charge in [0.2, 0.25) is 0 Å². The SMILES string of the molecule is CCCCNc1cccc(C(=O)OC)c1OC.CCCNc1cccc(C(=O)OC)c1OC.CCNc1cccc(C(=O)OC)c1OC.CNc1cccc(C(=O)OC)c1OC. The maximum Gasteiger partial charge on any atom is 0.341 e. The van der Waals surface area contributed by atoms with Crippen LogP contribution in [0.1, 0.15) is 81.5 Å². The summed E-state index contributed by atoms with van der Waals surface area (Å²) < 4.78 is 39.5. The number of hydrogen-bond acceptors (Lipinski definition) is 16. The van der Waals surface area contributed by atoms with Crippen molar-refractivity contribution < 1.29 is 57.1 Å². The standard InChI is InChI=1S/C13H19NO3.C12H17NO3.C11H15NO3.C10H13NO3/c1-4-5-9-14-11-8-6-7-10(12(11)16-2)13(15)17-3;1-4-8-13-10-7-5-6-9(11(10)15-2)12(14)16-3;1-4-12-9-7-5-6-8(10(9)14-2)11(13)15-3;1-11-8-6-4-5-7(9(8)13-2)10(12)14-3/h6-8,14H,4-5,9H2,1-3H3;5-7,13H,4,8H2,1-3H3;5-7,12H,4H2,1-3H3;4-6,11H,1-3H3. The second kappa shape index (κ2) is 30.2. The number of para-hydroxylation sites is 4. The van der Waals surface area contributed by atoms with Gasteiger partial charge in [-0.25, -0.2) is 19.2 Å². The Bertz CT molecular complexity index is 1990. The third kappa shape index (κ3) is 16.0. The summed E-state index contributed by atoms with van der Waals surface area (Å²) in [5.74, 6) is 0.509. The van der Waals surface area contributed by atoms with Crippen molar-refractivity contribution in [2.45, 2.75) is 40.0 Å². The van der Waals surface area contributed by atoms with Crippen molar-refractivity contribution in [1.82, 2.24) is 0 Å². The first-order valence-electron chi connectivity index (χ1n) is 19.9. The Morgan fingerprint density at radius 2 is 0.726 bits per heavy atom. The zero-order valence-corrected chi connectivity index (χ0v) is 38.1. The fourth-order valence-corrected chi connectivity index (χ4v) is 5.57. The molecule has 0 fully saturated rings. The summed E-state index contributed by atoms with van der Waals surface area (Å²) in [6.07, 6.45) is 3.20. The fraction of sp³-hybridized carbons (Fsp3) is 0.391. The molecule has 0 saturated carbocycles. The van der Waals surface area contributed by atoms with Gasteiger partial charge in [0, 0.05) is 26.7 Å². The van der Waals surface area contributed by atoms with E-state index in [4.69, 9.17) is 28.4 Å². The fourth-order valence-electron chi connectivity index (χ4n) is 5.57. The first kappa shape index (κ1) is 53.2. The van der Waals surface area contributed by atoms with Gasteiger partial charge in [-0.1, -0.05) is 44.5 Å². The van der Waals surface area contributed by atoms with Gasteiger partial charge in [0.05, 0.1) is 79.6 Å². The van der Waals surface area contributed by atoms with Gasteiger partial charge in [-0.2, -0.15) is 0 Å². The number of anilines is 4. The minimum absolute atomic E-state index is 0.388. The molecular weight excluding hydrogens is 801 g/mol. The molecule has 0 heterocycles. The lowest BCUT2D eigenvalue weighted by molar-refractivity contribution is 0.0588. The summed E-state index contributed by atoms with van der Waals surface area (Å²) in [5.41, 5.74) is 4.91. The highest BCUT2D eigenvalue weighted by molar-refractivity contribution is 5.96. The number of carbonyl (C=O) groups excluding carboxylic acids is 4. The van der Waals surface area contributed by atoms with Gasteiger partial charge in [0.1, 0.15) is 22.3 Å². The van der Waals surface area contributed by atoms with Crippen LogP contribution in [0.15, 0.2) is 72.8 Å². The average Bonchev–Trinajstić information content (AvgIpc) is 3.32. The highest BCUT2D eigenvalue weighted by atomic mass is 16.5. The zero-order valence-electron chi connectivity index (χ0n) is 38.1. The van der Waals surface area contributed by atoms with E-state index in [9.17, 15) is 19.2 Å². The molecule has 0 radical (unpaired) electrons. The molecule has 0 aliphatic carbocycles. The number of nitrogens with one attached hydrogen (secondary N) is 4. The maximum atomic E-state index is 11.5. The largest absolute Gasteiger partial charge is 0.494 e. The lowest BCUT2D eigenvalue weighted by Gasteiger charge is -2.13. The van der Waals surface area contributed by atoms with E-state index in [2.05, 4.69) is 44.6 Å². The quantitative estimate of drug-likeness (QED) is 0.0423. The molecule has 0 aliphatic heterocycles. The first-order chi connectivity index (χ1) is 30.0. The molecule has 16 heteroatoms. The minimum atomic E-state index is -0.404. The number of benzene rings is 4. The van der Waals surface area contributed by atoms with E-state index >= 15 is 0 Å². The first-order valence-corrected chi connectivity index (χ1v) is 19.9. The lowest BCUT2D eigenvalue weighted by atomic mass is 10.1. The summed E-state index contributed by atoms with van der Waals surface area (Å²) in [5, 5.41) is 12.5. The third-order valence-corrected chi connectivity index (χ3v) is 8.55. The molecule has 4 rings (SSSR count). The molecule has 0 unspecified atom stereocenters. The molecule has 62 heavy (non-hydrogen) atoms. The lowest BCUT2D eigenvalue weighted by Crippen LogP contribution is -2.08. The molecule has 0 spiro atoms. The van der Waals surface area contributed by atoms with Crippen molar-refractivity contribution in [3.8, 4) is 23.0 Å². The van der Waals surface area contributed by atoms with Gasteiger partial charge >= 0.3 is 23.9 Å². The van der Waals surface area contributed by atoms with Crippen LogP contribution in [0.3, 0.4) is 0 Å². The van der Waals surface area contributed by atoms with E-state index in [1.165, 1.54) is 42.7 Å². The van der Waals surface area contributed by atoms with Crippen molar-refractivity contribution >= 4 is 46.6 Å². The third-order valence-electron chi connectivity index (χ3n) is 8.55. The zero-order chi connectivity index (χ0) is 46.5. The highest BCUT2D eigenvalue weighted by Gasteiger charge is 2.18. The minimum Gasteiger partial charge on any atom is -0.494 e. The van der Waals surface area contributed by atoms with Crippen LogP contribution in [0.5, 0.6) is 23.0 Å². The van der Waals surface area contributed by atoms with E-state index in [1.54, 1.807) is 63.7 Å². The van der Waals surface area contributed by atoms with Gasteiger partial charge in [0.15, 0.2) is 23.0 Å². The summed E-state index contributed by atoms with van der Waals surface area (Å²) in [6, 6.07) is 21.3. The van der Waals surface area contributed by atoms with Crippen molar-refractivity contribution in [3.63, 3.8) is 0 Å². The van der Waals surface area contributed by atoms with Crippen LogP contribution >= 0.6 is 0 Å². The monoisotopic (exact) mass is 864 g/mol. The summed E-state index contributed by atoms with van der Waals surface area (Å²) in [6.45, 7) is 8.64. The second-order valence-electron chi connectivity index (χ2n) is 12.5. The van der Waals surface area contributed by atoms with Crippen molar-refractivity contribution in [1.29, 1.82) is 0 Å². The van der Waals surface area contributed by atoms with Crippen LogP contribution in [-0.2, 0) is 18.9 Å². The van der Waals surface area contributed by atoms with Crippen LogP contribution in [0, 0.1) is 0 Å². The van der Waals surface area contributed by atoms with Crippen LogP contribution in [0.4, 0.5) is 22.7 Å². The van der Waals surface area contributed by atoms with E-state index in [0.717, 1.165) is 61.6 Å². The number of unbranched alkanes of at least 4 members (excludes halogenated alkanes) is 1. The molecular formula is C46H64N4O12. The number of methoxy groups -OCH3 is 8. The van der Waals surface area contributed by atoms with Crippen molar-refractivity contribution in [2.75, 3.05) is 105 Å². The number of ether oxygens (including phenoxy) is 8. The molecule has 4 aromatic carbocycles. The van der Waals surface area contributed by atoms with Gasteiger partial charge in [-0.05, 0) is 68.3 Å². The van der Waals surface area contributed by atoms with Crippen LogP contribution in [-0.4, -0.2) is 107 Å². The van der Waals surface area contributed by atoms with Gasteiger partial charge in [0.25, 0.3) is 0 Å². The number of rotatable bonds is 18. The topological polar surface area (TPSA) is 190 Å². The normalized spacial score (nSPS) is 9.61. The van der Waals surface area contributed by atoms with Gasteiger partial charge < -0.3 is 59.2 Å². The number of hydrogen-bond donors (Lipinski definition) is 4. The van der Waals surface area contributed by atoms with Gasteiger partial charge in [-0.3, -0.25) is 0 Å². The highest BCUT2D eigenvalue weighted by Crippen LogP contribution is 2.32. The van der Waals surface area contributed by atoms with Crippen molar-refractivity contribution in [3.05, 3.63) is 95.1 Å². The van der Waals surface area contributed by atoms with Gasteiger partial charge in [-0.15, -0.1) is 0 Å². The molecule has 4 aromatic rings. The molecule has 0 atom stereocenters. The smallest absolute Gasteiger partial charge is 0.341 e. The number of esters is 4. The predicted octanol–water partition coefficient (Wildman–Crippen LogP) is 8.43. The van der Waals surface area contributed by atoms with E-state index < -0.39 is 17.9 Å². The van der Waals surface area contributed by atoms with E-state index in [0.29, 0.717) is 45.3 Å². The van der Waals surface area contributed by atoms with E-state index in [1.807, 2.05) is 37.3 Å². The Labute approximate surface area is 365 Å². The molecule has 0 aromatic heterocycles. The van der Waals surface area contributed by atoms with E-state index in [-0.39, 0.29) is 5.97 Å². The number of carbonyl (C=O) groups is 4. The molecule has 340 valence electrons. The Balaban J connectivity index is 0.000000414. The summed E-state index contributed by atoms with van der Waals surface area (Å²) in [7, 11) is 13.3.